The first kappa shape index (κ1) is 9.29. The SMILES string of the molecule is Cn1c(CCN)c(Cl)ccc1=O. The molecule has 0 bridgehead atoms. The van der Waals surface area contributed by atoms with Crippen LogP contribution >= 0.6 is 11.6 Å². The summed E-state index contributed by atoms with van der Waals surface area (Å²) in [5.41, 5.74) is 6.12. The minimum atomic E-state index is -0.0529. The van der Waals surface area contributed by atoms with Gasteiger partial charge in [0.2, 0.25) is 0 Å². The normalized spacial score (nSPS) is 10.2. The van der Waals surface area contributed by atoms with Gasteiger partial charge in [0, 0.05) is 25.2 Å². The molecule has 0 atom stereocenters. The van der Waals surface area contributed by atoms with Crippen LogP contribution in [0.4, 0.5) is 0 Å². The van der Waals surface area contributed by atoms with Crippen molar-refractivity contribution in [3.05, 3.63) is 33.2 Å². The van der Waals surface area contributed by atoms with E-state index in [0.717, 1.165) is 5.69 Å². The van der Waals surface area contributed by atoms with Gasteiger partial charge < -0.3 is 10.3 Å². The lowest BCUT2D eigenvalue weighted by Crippen LogP contribution is -2.21. The van der Waals surface area contributed by atoms with E-state index in [1.165, 1.54) is 10.6 Å². The highest BCUT2D eigenvalue weighted by atomic mass is 35.5. The molecule has 0 fully saturated rings. The first-order chi connectivity index (χ1) is 5.66. The summed E-state index contributed by atoms with van der Waals surface area (Å²) in [6, 6.07) is 3.05. The van der Waals surface area contributed by atoms with E-state index >= 15 is 0 Å². The fourth-order valence-electron chi connectivity index (χ4n) is 1.07. The molecule has 1 rings (SSSR count). The van der Waals surface area contributed by atoms with Crippen LogP contribution in [0.1, 0.15) is 5.69 Å². The van der Waals surface area contributed by atoms with E-state index < -0.39 is 0 Å². The molecular weight excluding hydrogens is 176 g/mol. The molecule has 0 saturated heterocycles. The van der Waals surface area contributed by atoms with E-state index in [1.54, 1.807) is 13.1 Å². The second-order valence-electron chi connectivity index (χ2n) is 2.56. The number of nitrogens with zero attached hydrogens (tertiary/aromatic N) is 1. The van der Waals surface area contributed by atoms with E-state index in [-0.39, 0.29) is 5.56 Å². The molecule has 0 aliphatic heterocycles. The van der Waals surface area contributed by atoms with Gasteiger partial charge in [0.15, 0.2) is 0 Å². The minimum absolute atomic E-state index is 0.0529. The van der Waals surface area contributed by atoms with Crippen LogP contribution in [0.15, 0.2) is 16.9 Å². The third kappa shape index (κ3) is 1.68. The summed E-state index contributed by atoms with van der Waals surface area (Å²) in [5, 5.41) is 0.600. The second kappa shape index (κ2) is 3.74. The number of hydrogen-bond donors (Lipinski definition) is 1. The van der Waals surface area contributed by atoms with Crippen LogP contribution in [0.2, 0.25) is 5.02 Å². The van der Waals surface area contributed by atoms with E-state index in [9.17, 15) is 4.79 Å². The Labute approximate surface area is 75.8 Å². The van der Waals surface area contributed by atoms with Gasteiger partial charge in [-0.05, 0) is 12.6 Å². The Morgan fingerprint density at radius 3 is 2.83 bits per heavy atom. The van der Waals surface area contributed by atoms with Gasteiger partial charge in [-0.15, -0.1) is 0 Å². The summed E-state index contributed by atoms with van der Waals surface area (Å²) in [7, 11) is 1.69. The average Bonchev–Trinajstić information content (AvgIpc) is 2.06. The van der Waals surface area contributed by atoms with E-state index in [2.05, 4.69) is 0 Å². The molecule has 12 heavy (non-hydrogen) atoms. The summed E-state index contributed by atoms with van der Waals surface area (Å²) in [5.74, 6) is 0. The van der Waals surface area contributed by atoms with Crippen molar-refractivity contribution in [1.29, 1.82) is 0 Å². The molecule has 0 aromatic carbocycles. The quantitative estimate of drug-likeness (QED) is 0.733. The maximum atomic E-state index is 11.1. The topological polar surface area (TPSA) is 48.0 Å². The second-order valence-corrected chi connectivity index (χ2v) is 2.97. The molecule has 0 saturated carbocycles. The molecule has 2 N–H and O–H groups in total. The molecule has 66 valence electrons. The van der Waals surface area contributed by atoms with Gasteiger partial charge in [0.05, 0.1) is 5.02 Å². The molecule has 0 aliphatic carbocycles. The monoisotopic (exact) mass is 186 g/mol. The first-order valence-corrected chi connectivity index (χ1v) is 4.09. The van der Waals surface area contributed by atoms with Crippen molar-refractivity contribution in [3.8, 4) is 0 Å². The van der Waals surface area contributed by atoms with Crippen LogP contribution < -0.4 is 11.3 Å². The molecule has 4 heteroatoms. The number of halogens is 1. The number of aromatic nitrogens is 1. The van der Waals surface area contributed by atoms with Crippen LogP contribution in [0.5, 0.6) is 0 Å². The lowest BCUT2D eigenvalue weighted by molar-refractivity contribution is 0.761. The Balaban J connectivity index is 3.23. The zero-order valence-electron chi connectivity index (χ0n) is 6.88. The molecule has 1 aromatic heterocycles. The molecule has 0 aliphatic rings. The molecule has 0 unspecified atom stereocenters. The summed E-state index contributed by atoms with van der Waals surface area (Å²) in [6.07, 6.45) is 0.630. The van der Waals surface area contributed by atoms with Gasteiger partial charge in [0.25, 0.3) is 5.56 Å². The standard InChI is InChI=1S/C8H11ClN2O/c1-11-7(4-5-10)6(9)2-3-8(11)12/h2-3H,4-5,10H2,1H3. The van der Waals surface area contributed by atoms with Gasteiger partial charge in [-0.2, -0.15) is 0 Å². The highest BCUT2D eigenvalue weighted by molar-refractivity contribution is 6.31. The van der Waals surface area contributed by atoms with Gasteiger partial charge >= 0.3 is 0 Å². The predicted octanol–water partition coefficient (Wildman–Crippen LogP) is 0.540. The van der Waals surface area contributed by atoms with E-state index in [1.807, 2.05) is 0 Å². The summed E-state index contributed by atoms with van der Waals surface area (Å²) in [4.78, 5) is 11.1. The smallest absolute Gasteiger partial charge is 0.250 e. The fourth-order valence-corrected chi connectivity index (χ4v) is 1.35. The summed E-state index contributed by atoms with van der Waals surface area (Å²) < 4.78 is 1.52. The molecule has 1 aromatic rings. The first-order valence-electron chi connectivity index (χ1n) is 3.71. The van der Waals surface area contributed by atoms with Crippen molar-refractivity contribution in [2.45, 2.75) is 6.42 Å². The number of rotatable bonds is 2. The highest BCUT2D eigenvalue weighted by Gasteiger charge is 2.03. The minimum Gasteiger partial charge on any atom is -0.330 e. The van der Waals surface area contributed by atoms with E-state index in [0.29, 0.717) is 18.0 Å². The fraction of sp³-hybridized carbons (Fsp3) is 0.375. The molecule has 3 nitrogen and oxygen atoms in total. The van der Waals surface area contributed by atoms with Crippen molar-refractivity contribution in [2.75, 3.05) is 6.54 Å². The zero-order valence-corrected chi connectivity index (χ0v) is 7.64. The largest absolute Gasteiger partial charge is 0.330 e. The summed E-state index contributed by atoms with van der Waals surface area (Å²) in [6.45, 7) is 0.497. The maximum Gasteiger partial charge on any atom is 0.250 e. The Hall–Kier alpha value is -0.800. The van der Waals surface area contributed by atoms with Crippen LogP contribution in [-0.4, -0.2) is 11.1 Å². The Bertz CT molecular complexity index is 332. The van der Waals surface area contributed by atoms with Gasteiger partial charge in [-0.3, -0.25) is 4.79 Å². The van der Waals surface area contributed by atoms with Gasteiger partial charge in [-0.25, -0.2) is 0 Å². The Kier molecular flexibility index (Phi) is 2.89. The predicted molar refractivity (Wildman–Crippen MR) is 49.5 cm³/mol. The average molecular weight is 187 g/mol. The Morgan fingerprint density at radius 1 is 1.58 bits per heavy atom. The Morgan fingerprint density at radius 2 is 2.25 bits per heavy atom. The molecule has 0 amide bonds. The van der Waals surface area contributed by atoms with Crippen molar-refractivity contribution in [3.63, 3.8) is 0 Å². The molecule has 0 spiro atoms. The number of hydrogen-bond acceptors (Lipinski definition) is 2. The number of nitrogens with two attached hydrogens (primary N) is 1. The summed E-state index contributed by atoms with van der Waals surface area (Å²) >= 11 is 5.86. The highest BCUT2D eigenvalue weighted by Crippen LogP contribution is 2.12. The maximum absolute atomic E-state index is 11.1. The number of pyridine rings is 1. The van der Waals surface area contributed by atoms with E-state index in [4.69, 9.17) is 17.3 Å². The lowest BCUT2D eigenvalue weighted by Gasteiger charge is -2.07. The van der Waals surface area contributed by atoms with Gasteiger partial charge in [-0.1, -0.05) is 11.6 Å². The molecule has 1 heterocycles. The van der Waals surface area contributed by atoms with Crippen molar-refractivity contribution in [2.24, 2.45) is 12.8 Å². The molecule has 0 radical (unpaired) electrons. The van der Waals surface area contributed by atoms with Crippen LogP contribution in [0, 0.1) is 0 Å². The molecular formula is C8H11ClN2O. The van der Waals surface area contributed by atoms with Crippen molar-refractivity contribution >= 4 is 11.6 Å². The zero-order chi connectivity index (χ0) is 9.14. The van der Waals surface area contributed by atoms with Crippen LogP contribution in [-0.2, 0) is 13.5 Å². The van der Waals surface area contributed by atoms with Crippen LogP contribution in [0.25, 0.3) is 0 Å². The lowest BCUT2D eigenvalue weighted by atomic mass is 10.2. The van der Waals surface area contributed by atoms with Crippen molar-refractivity contribution in [1.82, 2.24) is 4.57 Å². The third-order valence-corrected chi connectivity index (χ3v) is 2.11. The third-order valence-electron chi connectivity index (χ3n) is 1.76. The van der Waals surface area contributed by atoms with Gasteiger partial charge in [0.1, 0.15) is 0 Å². The van der Waals surface area contributed by atoms with Crippen molar-refractivity contribution < 1.29 is 0 Å². The van der Waals surface area contributed by atoms with Crippen LogP contribution in [0.3, 0.4) is 0 Å².